The Bertz CT molecular complexity index is 869. The first-order chi connectivity index (χ1) is 11.0. The molecule has 0 bridgehead atoms. The van der Waals surface area contributed by atoms with E-state index in [9.17, 15) is 14.9 Å². The van der Waals surface area contributed by atoms with Gasteiger partial charge in [-0.15, -0.1) is 5.10 Å². The molecule has 3 rings (SSSR count). The van der Waals surface area contributed by atoms with Crippen LogP contribution in [0.25, 0.3) is 11.5 Å². The van der Waals surface area contributed by atoms with Gasteiger partial charge in [-0.05, 0) is 25.1 Å². The first kappa shape index (κ1) is 14.9. The lowest BCUT2D eigenvalue weighted by Gasteiger charge is -1.97. The number of nitro groups is 1. The Kier molecular flexibility index (Phi) is 3.85. The summed E-state index contributed by atoms with van der Waals surface area (Å²) in [6, 6.07) is 10.0. The second-order valence-electron chi connectivity index (χ2n) is 4.63. The van der Waals surface area contributed by atoms with Gasteiger partial charge in [-0.25, -0.2) is 0 Å². The van der Waals surface area contributed by atoms with Crippen molar-refractivity contribution >= 4 is 28.3 Å². The molecule has 0 aliphatic heterocycles. The molecule has 0 unspecified atom stereocenters. The van der Waals surface area contributed by atoms with Gasteiger partial charge in [0.05, 0.1) is 9.80 Å². The van der Waals surface area contributed by atoms with Gasteiger partial charge in [-0.3, -0.25) is 20.2 Å². The lowest BCUT2D eigenvalue weighted by Crippen LogP contribution is -2.10. The van der Waals surface area contributed by atoms with Crippen LogP contribution in [0.5, 0.6) is 0 Å². The van der Waals surface area contributed by atoms with Gasteiger partial charge in [0.15, 0.2) is 0 Å². The Balaban J connectivity index is 1.74. The van der Waals surface area contributed by atoms with Gasteiger partial charge < -0.3 is 4.42 Å². The van der Waals surface area contributed by atoms with E-state index in [2.05, 4.69) is 15.5 Å². The van der Waals surface area contributed by atoms with Crippen LogP contribution in [-0.4, -0.2) is 21.0 Å². The van der Waals surface area contributed by atoms with Crippen molar-refractivity contribution in [3.05, 3.63) is 57.0 Å². The van der Waals surface area contributed by atoms with Gasteiger partial charge >= 0.3 is 11.0 Å². The molecule has 0 spiro atoms. The zero-order valence-electron chi connectivity index (χ0n) is 11.8. The zero-order valence-corrected chi connectivity index (χ0v) is 12.7. The summed E-state index contributed by atoms with van der Waals surface area (Å²) in [6.45, 7) is 1.96. The second kappa shape index (κ2) is 5.97. The smallest absolute Gasteiger partial charge is 0.324 e. The van der Waals surface area contributed by atoms with E-state index in [1.807, 2.05) is 31.2 Å². The number of thiophene rings is 1. The number of amides is 1. The number of aryl methyl sites for hydroxylation is 1. The minimum absolute atomic E-state index is 0.0679. The summed E-state index contributed by atoms with van der Waals surface area (Å²) >= 11 is 0.772. The fourth-order valence-corrected chi connectivity index (χ4v) is 2.51. The van der Waals surface area contributed by atoms with Crippen molar-refractivity contribution in [3.63, 3.8) is 0 Å². The average Bonchev–Trinajstić information content (AvgIpc) is 3.17. The largest absolute Gasteiger partial charge is 0.403 e. The molecule has 8 nitrogen and oxygen atoms in total. The van der Waals surface area contributed by atoms with Gasteiger partial charge in [0.25, 0.3) is 5.91 Å². The summed E-state index contributed by atoms with van der Waals surface area (Å²) in [4.78, 5) is 22.2. The molecule has 116 valence electrons. The second-order valence-corrected chi connectivity index (χ2v) is 5.69. The number of nitrogens with zero attached hydrogens (tertiary/aromatic N) is 3. The molecule has 0 atom stereocenters. The molecule has 0 saturated heterocycles. The van der Waals surface area contributed by atoms with Gasteiger partial charge in [0, 0.05) is 11.6 Å². The first-order valence-electron chi connectivity index (χ1n) is 6.49. The summed E-state index contributed by atoms with van der Waals surface area (Å²) in [5.41, 5.74) is 1.83. The molecule has 23 heavy (non-hydrogen) atoms. The highest BCUT2D eigenvalue weighted by molar-refractivity contribution is 7.17. The van der Waals surface area contributed by atoms with Crippen LogP contribution >= 0.6 is 11.3 Å². The molecule has 0 aliphatic rings. The number of carbonyl (C=O) groups is 1. The fourth-order valence-electron chi connectivity index (χ4n) is 1.79. The Morgan fingerprint density at radius 1 is 1.22 bits per heavy atom. The number of nitrogens with one attached hydrogen (secondary N) is 1. The summed E-state index contributed by atoms with van der Waals surface area (Å²) in [5.74, 6) is -0.264. The maximum absolute atomic E-state index is 12.0. The van der Waals surface area contributed by atoms with Crippen LogP contribution in [0.3, 0.4) is 0 Å². The minimum atomic E-state index is -0.552. The quantitative estimate of drug-likeness (QED) is 0.580. The van der Waals surface area contributed by atoms with Crippen molar-refractivity contribution in [3.8, 4) is 11.5 Å². The van der Waals surface area contributed by atoms with Crippen LogP contribution in [0.2, 0.25) is 0 Å². The lowest BCUT2D eigenvalue weighted by atomic mass is 10.1. The Labute approximate surface area is 133 Å². The summed E-state index contributed by atoms with van der Waals surface area (Å²) in [5, 5.41) is 20.5. The number of benzene rings is 1. The number of anilines is 1. The van der Waals surface area contributed by atoms with Gasteiger partial charge in [-0.2, -0.15) is 0 Å². The average molecular weight is 330 g/mol. The minimum Gasteiger partial charge on any atom is -0.403 e. The van der Waals surface area contributed by atoms with Crippen molar-refractivity contribution in [1.82, 2.24) is 10.2 Å². The first-order valence-corrected chi connectivity index (χ1v) is 7.31. The molecular weight excluding hydrogens is 320 g/mol. The molecule has 1 aromatic carbocycles. The third kappa shape index (κ3) is 3.24. The Morgan fingerprint density at radius 3 is 2.61 bits per heavy atom. The van der Waals surface area contributed by atoms with Crippen LogP contribution in [0, 0.1) is 17.0 Å². The van der Waals surface area contributed by atoms with Crippen molar-refractivity contribution in [2.75, 3.05) is 5.32 Å². The lowest BCUT2D eigenvalue weighted by molar-refractivity contribution is -0.380. The molecule has 2 heterocycles. The highest BCUT2D eigenvalue weighted by Crippen LogP contribution is 2.25. The highest BCUT2D eigenvalue weighted by atomic mass is 32.1. The van der Waals surface area contributed by atoms with Gasteiger partial charge in [0.1, 0.15) is 0 Å². The molecule has 1 amide bonds. The molecule has 2 aromatic heterocycles. The number of hydrogen-bond acceptors (Lipinski definition) is 7. The molecule has 0 fully saturated rings. The number of hydrogen-bond donors (Lipinski definition) is 1. The molecule has 0 saturated carbocycles. The van der Waals surface area contributed by atoms with Crippen LogP contribution in [0.1, 0.15) is 15.2 Å². The van der Waals surface area contributed by atoms with Gasteiger partial charge in [0.2, 0.25) is 5.89 Å². The summed E-state index contributed by atoms with van der Waals surface area (Å²) < 4.78 is 5.37. The predicted molar refractivity (Wildman–Crippen MR) is 83.4 cm³/mol. The van der Waals surface area contributed by atoms with Crippen LogP contribution in [0.15, 0.2) is 40.8 Å². The third-order valence-electron chi connectivity index (χ3n) is 2.94. The van der Waals surface area contributed by atoms with Crippen molar-refractivity contribution in [2.24, 2.45) is 0 Å². The molecule has 0 radical (unpaired) electrons. The highest BCUT2D eigenvalue weighted by Gasteiger charge is 2.17. The monoisotopic (exact) mass is 330 g/mol. The maximum Gasteiger partial charge on any atom is 0.324 e. The SMILES string of the molecule is Cc1ccc(-c2nnc(NC(=O)c3ccc([N+](=O)[O-])s3)o2)cc1. The van der Waals surface area contributed by atoms with Crippen LogP contribution in [0.4, 0.5) is 11.0 Å². The fraction of sp³-hybridized carbons (Fsp3) is 0.0714. The zero-order chi connectivity index (χ0) is 16.4. The van der Waals surface area contributed by atoms with E-state index in [1.54, 1.807) is 0 Å². The molecule has 0 aliphatic carbocycles. The third-order valence-corrected chi connectivity index (χ3v) is 3.98. The molecule has 9 heteroatoms. The van der Waals surface area contributed by atoms with Crippen molar-refractivity contribution in [2.45, 2.75) is 6.92 Å². The molecular formula is C14H10N4O4S. The number of rotatable bonds is 4. The van der Waals surface area contributed by atoms with E-state index in [4.69, 9.17) is 4.42 Å². The van der Waals surface area contributed by atoms with E-state index in [-0.39, 0.29) is 21.8 Å². The number of aromatic nitrogens is 2. The van der Waals surface area contributed by atoms with Gasteiger partial charge in [-0.1, -0.05) is 34.1 Å². The van der Waals surface area contributed by atoms with E-state index < -0.39 is 10.8 Å². The molecule has 3 aromatic rings. The van der Waals surface area contributed by atoms with E-state index in [0.29, 0.717) is 0 Å². The maximum atomic E-state index is 12.0. The van der Waals surface area contributed by atoms with Crippen molar-refractivity contribution in [1.29, 1.82) is 0 Å². The Morgan fingerprint density at radius 2 is 1.96 bits per heavy atom. The van der Waals surface area contributed by atoms with E-state index in [0.717, 1.165) is 22.5 Å². The van der Waals surface area contributed by atoms with Crippen molar-refractivity contribution < 1.29 is 14.1 Å². The normalized spacial score (nSPS) is 10.5. The van der Waals surface area contributed by atoms with E-state index in [1.165, 1.54) is 12.1 Å². The van der Waals surface area contributed by atoms with E-state index >= 15 is 0 Å². The topological polar surface area (TPSA) is 111 Å². The number of carbonyl (C=O) groups excluding carboxylic acids is 1. The predicted octanol–water partition coefficient (Wildman–Crippen LogP) is 3.27. The molecule has 1 N–H and O–H groups in total. The standard InChI is InChI=1S/C14H10N4O4S/c1-8-2-4-9(5-3-8)13-16-17-14(22-13)15-12(19)10-6-7-11(23-10)18(20)21/h2-7H,1H3,(H,15,17,19). The Hall–Kier alpha value is -3.07. The summed E-state index contributed by atoms with van der Waals surface area (Å²) in [7, 11) is 0. The van der Waals surface area contributed by atoms with Crippen LogP contribution < -0.4 is 5.32 Å². The van der Waals surface area contributed by atoms with Crippen LogP contribution in [-0.2, 0) is 0 Å². The summed E-state index contributed by atoms with van der Waals surface area (Å²) in [6.07, 6.45) is 0.